The molecule has 1 aliphatic rings. The number of nitrogens with one attached hydrogen (secondary N) is 2. The van der Waals surface area contributed by atoms with E-state index >= 15 is 0 Å². The first kappa shape index (κ1) is 13.6. The van der Waals surface area contributed by atoms with Crippen molar-refractivity contribution in [3.8, 4) is 11.8 Å². The molecule has 2 aromatic heterocycles. The number of ether oxygens (including phenoxy) is 1. The van der Waals surface area contributed by atoms with Crippen LogP contribution in [0.2, 0.25) is 0 Å². The Labute approximate surface area is 133 Å². The minimum atomic E-state index is 0.310. The average molecular weight is 307 g/mol. The maximum Gasteiger partial charge on any atom is 0.300 e. The standard InChI is InChI=1S/C17H17N5O/c1-2-16-19-9-10-22(16)12-3-5-13(6-4-12)23-17-20-14-7-8-18-11-15(14)21-17/h3-11,16,19H,2H2,1H3,(H,20,21). The molecular formula is C17H17N5O. The van der Waals surface area contributed by atoms with E-state index in [9.17, 15) is 0 Å². The number of fused-ring (bicyclic) bond motifs is 1. The molecule has 0 saturated carbocycles. The number of aromatic amines is 1. The van der Waals surface area contributed by atoms with Crippen molar-refractivity contribution in [3.05, 3.63) is 55.1 Å². The van der Waals surface area contributed by atoms with Crippen molar-refractivity contribution in [1.29, 1.82) is 0 Å². The highest BCUT2D eigenvalue weighted by Crippen LogP contribution is 2.26. The summed E-state index contributed by atoms with van der Waals surface area (Å²) in [6, 6.07) is 10.3. The van der Waals surface area contributed by atoms with Crippen molar-refractivity contribution in [1.82, 2.24) is 20.3 Å². The third-order valence-corrected chi connectivity index (χ3v) is 3.86. The van der Waals surface area contributed by atoms with Gasteiger partial charge in [-0.15, -0.1) is 0 Å². The van der Waals surface area contributed by atoms with Crippen LogP contribution in [0.3, 0.4) is 0 Å². The fourth-order valence-corrected chi connectivity index (χ4v) is 2.68. The molecule has 2 N–H and O–H groups in total. The van der Waals surface area contributed by atoms with Gasteiger partial charge in [0.2, 0.25) is 0 Å². The number of rotatable bonds is 4. The van der Waals surface area contributed by atoms with Gasteiger partial charge in [-0.3, -0.25) is 4.98 Å². The number of H-pyrrole nitrogens is 1. The quantitative estimate of drug-likeness (QED) is 0.773. The Balaban J connectivity index is 1.53. The lowest BCUT2D eigenvalue weighted by Crippen LogP contribution is -2.34. The number of imidazole rings is 1. The highest BCUT2D eigenvalue weighted by Gasteiger charge is 2.17. The van der Waals surface area contributed by atoms with E-state index in [1.807, 2.05) is 36.5 Å². The first-order valence-electron chi connectivity index (χ1n) is 7.62. The lowest BCUT2D eigenvalue weighted by Gasteiger charge is -2.24. The summed E-state index contributed by atoms with van der Waals surface area (Å²) in [5.74, 6) is 0.741. The maximum absolute atomic E-state index is 5.79. The van der Waals surface area contributed by atoms with Crippen LogP contribution in [-0.4, -0.2) is 21.1 Å². The molecule has 6 heteroatoms. The third kappa shape index (κ3) is 2.59. The topological polar surface area (TPSA) is 66.1 Å². The van der Waals surface area contributed by atoms with E-state index in [1.165, 1.54) is 0 Å². The van der Waals surface area contributed by atoms with Gasteiger partial charge in [-0.05, 0) is 36.8 Å². The van der Waals surface area contributed by atoms with Gasteiger partial charge in [0.1, 0.15) is 11.9 Å². The molecular weight excluding hydrogens is 290 g/mol. The van der Waals surface area contributed by atoms with Crippen LogP contribution in [0.1, 0.15) is 13.3 Å². The van der Waals surface area contributed by atoms with Crippen molar-refractivity contribution in [3.63, 3.8) is 0 Å². The summed E-state index contributed by atoms with van der Waals surface area (Å²) in [6.45, 7) is 2.16. The Morgan fingerprint density at radius 2 is 2.09 bits per heavy atom. The summed E-state index contributed by atoms with van der Waals surface area (Å²) in [6.07, 6.45) is 8.80. The van der Waals surface area contributed by atoms with Gasteiger partial charge in [-0.2, -0.15) is 4.98 Å². The second-order valence-electron chi connectivity index (χ2n) is 5.34. The van der Waals surface area contributed by atoms with E-state index in [0.717, 1.165) is 28.9 Å². The second-order valence-corrected chi connectivity index (χ2v) is 5.34. The smallest absolute Gasteiger partial charge is 0.300 e. The predicted molar refractivity (Wildman–Crippen MR) is 89.2 cm³/mol. The van der Waals surface area contributed by atoms with Crippen LogP contribution < -0.4 is 15.0 Å². The van der Waals surface area contributed by atoms with Gasteiger partial charge in [-0.25, -0.2) is 0 Å². The minimum Gasteiger partial charge on any atom is -0.426 e. The van der Waals surface area contributed by atoms with Crippen LogP contribution >= 0.6 is 0 Å². The average Bonchev–Trinajstić information content (AvgIpc) is 3.21. The van der Waals surface area contributed by atoms with E-state index in [-0.39, 0.29) is 0 Å². The lowest BCUT2D eigenvalue weighted by molar-refractivity contribution is 0.449. The molecule has 3 heterocycles. The third-order valence-electron chi connectivity index (χ3n) is 3.86. The molecule has 6 nitrogen and oxygen atoms in total. The molecule has 1 atom stereocenters. The van der Waals surface area contributed by atoms with Gasteiger partial charge < -0.3 is 19.9 Å². The fraction of sp³-hybridized carbons (Fsp3) is 0.176. The van der Waals surface area contributed by atoms with E-state index in [4.69, 9.17) is 4.74 Å². The zero-order valence-electron chi connectivity index (χ0n) is 12.7. The molecule has 1 aromatic carbocycles. The second kappa shape index (κ2) is 5.64. The zero-order valence-corrected chi connectivity index (χ0v) is 12.7. The highest BCUT2D eigenvalue weighted by molar-refractivity contribution is 5.74. The number of nitrogens with zero attached hydrogens (tertiary/aromatic N) is 3. The van der Waals surface area contributed by atoms with E-state index in [0.29, 0.717) is 12.2 Å². The largest absolute Gasteiger partial charge is 0.426 e. The first-order chi connectivity index (χ1) is 11.3. The molecule has 0 radical (unpaired) electrons. The molecule has 0 aliphatic carbocycles. The van der Waals surface area contributed by atoms with Crippen molar-refractivity contribution in [2.24, 2.45) is 0 Å². The molecule has 0 saturated heterocycles. The van der Waals surface area contributed by atoms with Crippen molar-refractivity contribution < 1.29 is 4.74 Å². The van der Waals surface area contributed by atoms with Crippen LogP contribution in [0.5, 0.6) is 11.8 Å². The first-order valence-corrected chi connectivity index (χ1v) is 7.62. The van der Waals surface area contributed by atoms with Crippen LogP contribution in [0.4, 0.5) is 5.69 Å². The van der Waals surface area contributed by atoms with Crippen molar-refractivity contribution in [2.75, 3.05) is 4.90 Å². The summed E-state index contributed by atoms with van der Waals surface area (Å²) in [5.41, 5.74) is 2.82. The molecule has 4 rings (SSSR count). The highest BCUT2D eigenvalue weighted by atomic mass is 16.5. The lowest BCUT2D eigenvalue weighted by atomic mass is 10.2. The molecule has 23 heavy (non-hydrogen) atoms. The van der Waals surface area contributed by atoms with Crippen LogP contribution in [-0.2, 0) is 0 Å². The number of anilines is 1. The van der Waals surface area contributed by atoms with Crippen LogP contribution in [0.15, 0.2) is 55.1 Å². The molecule has 0 bridgehead atoms. The number of pyridine rings is 1. The van der Waals surface area contributed by atoms with E-state index in [2.05, 4.69) is 38.3 Å². The Morgan fingerprint density at radius 1 is 1.22 bits per heavy atom. The van der Waals surface area contributed by atoms with Gasteiger partial charge in [0.15, 0.2) is 0 Å². The van der Waals surface area contributed by atoms with Crippen molar-refractivity contribution >= 4 is 16.7 Å². The molecule has 3 aromatic rings. The van der Waals surface area contributed by atoms with Gasteiger partial charge in [0.05, 0.1) is 17.2 Å². The minimum absolute atomic E-state index is 0.310. The molecule has 0 spiro atoms. The number of hydrogen-bond donors (Lipinski definition) is 2. The maximum atomic E-state index is 5.79. The van der Waals surface area contributed by atoms with Crippen LogP contribution in [0, 0.1) is 0 Å². The Morgan fingerprint density at radius 3 is 2.87 bits per heavy atom. The molecule has 0 fully saturated rings. The van der Waals surface area contributed by atoms with E-state index in [1.54, 1.807) is 12.4 Å². The van der Waals surface area contributed by atoms with Gasteiger partial charge in [0, 0.05) is 24.3 Å². The van der Waals surface area contributed by atoms with Crippen molar-refractivity contribution in [2.45, 2.75) is 19.5 Å². The molecule has 1 aliphatic heterocycles. The Kier molecular flexibility index (Phi) is 3.34. The Hall–Kier alpha value is -3.02. The predicted octanol–water partition coefficient (Wildman–Crippen LogP) is 3.37. The molecule has 0 amide bonds. The normalized spacial score (nSPS) is 16.7. The number of hydrogen-bond acceptors (Lipinski definition) is 5. The van der Waals surface area contributed by atoms with Gasteiger partial charge in [0.25, 0.3) is 6.01 Å². The summed E-state index contributed by atoms with van der Waals surface area (Å²) >= 11 is 0. The summed E-state index contributed by atoms with van der Waals surface area (Å²) in [4.78, 5) is 13.8. The zero-order chi connectivity index (χ0) is 15.6. The van der Waals surface area contributed by atoms with Gasteiger partial charge in [-0.1, -0.05) is 6.92 Å². The van der Waals surface area contributed by atoms with Gasteiger partial charge >= 0.3 is 0 Å². The number of benzene rings is 1. The molecule has 116 valence electrons. The summed E-state index contributed by atoms with van der Waals surface area (Å²) in [5, 5.41) is 3.32. The Bertz CT molecular complexity index is 807. The summed E-state index contributed by atoms with van der Waals surface area (Å²) in [7, 11) is 0. The molecule has 1 unspecified atom stereocenters. The fourth-order valence-electron chi connectivity index (χ4n) is 2.68. The van der Waals surface area contributed by atoms with E-state index < -0.39 is 0 Å². The SMILES string of the molecule is CCC1NC=CN1c1ccc(Oc2nc3ccncc3[nH]2)cc1. The number of aromatic nitrogens is 3. The monoisotopic (exact) mass is 307 g/mol. The van der Waals surface area contributed by atoms with Crippen LogP contribution in [0.25, 0.3) is 11.0 Å². The summed E-state index contributed by atoms with van der Waals surface area (Å²) < 4.78 is 5.79.